The summed E-state index contributed by atoms with van der Waals surface area (Å²) in [5.74, 6) is -0.452. The monoisotopic (exact) mass is 396 g/mol. The van der Waals surface area contributed by atoms with E-state index in [2.05, 4.69) is 26.6 Å². The quantitative estimate of drug-likeness (QED) is 0.663. The van der Waals surface area contributed by atoms with E-state index in [1.807, 2.05) is 6.07 Å². The molecule has 2 amide bonds. The van der Waals surface area contributed by atoms with Gasteiger partial charge in [-0.1, -0.05) is 31.4 Å². The zero-order chi connectivity index (χ0) is 17.2. The minimum absolute atomic E-state index is 0.0242. The van der Waals surface area contributed by atoms with Gasteiger partial charge in [-0.2, -0.15) is 0 Å². The highest BCUT2D eigenvalue weighted by Gasteiger charge is 2.13. The van der Waals surface area contributed by atoms with Gasteiger partial charge in [0.25, 0.3) is 5.91 Å². The minimum Gasteiger partial charge on any atom is -0.378 e. The molecule has 1 aliphatic carbocycles. The molecule has 132 valence electrons. The Morgan fingerprint density at radius 2 is 1.88 bits per heavy atom. The number of hydrogen-bond donors (Lipinski definition) is 2. The van der Waals surface area contributed by atoms with Crippen LogP contribution in [-0.4, -0.2) is 37.6 Å². The third kappa shape index (κ3) is 6.61. The maximum absolute atomic E-state index is 12.0. The first-order valence-corrected chi connectivity index (χ1v) is 9.37. The van der Waals surface area contributed by atoms with E-state index in [9.17, 15) is 9.59 Å². The maximum Gasteiger partial charge on any atom is 0.252 e. The van der Waals surface area contributed by atoms with Crippen LogP contribution < -0.4 is 10.6 Å². The fourth-order valence-corrected chi connectivity index (χ4v) is 3.21. The Balaban J connectivity index is 1.55. The smallest absolute Gasteiger partial charge is 0.252 e. The Labute approximate surface area is 151 Å². The van der Waals surface area contributed by atoms with E-state index in [-0.39, 0.29) is 18.4 Å². The molecule has 1 aromatic rings. The second kappa shape index (κ2) is 10.5. The molecule has 2 rings (SSSR count). The molecular formula is C18H25BrN2O3. The molecule has 0 bridgehead atoms. The van der Waals surface area contributed by atoms with E-state index in [1.165, 1.54) is 19.3 Å². The van der Waals surface area contributed by atoms with E-state index < -0.39 is 0 Å². The second-order valence-corrected chi connectivity index (χ2v) is 6.85. The van der Waals surface area contributed by atoms with Crippen LogP contribution in [-0.2, 0) is 9.53 Å². The van der Waals surface area contributed by atoms with Gasteiger partial charge < -0.3 is 15.4 Å². The molecule has 0 saturated heterocycles. The van der Waals surface area contributed by atoms with Gasteiger partial charge in [-0.3, -0.25) is 9.59 Å². The molecule has 1 aliphatic rings. The van der Waals surface area contributed by atoms with Crippen molar-refractivity contribution in [2.45, 2.75) is 44.6 Å². The highest BCUT2D eigenvalue weighted by Crippen LogP contribution is 2.20. The van der Waals surface area contributed by atoms with Gasteiger partial charge in [0.1, 0.15) is 0 Å². The molecule has 0 spiro atoms. The van der Waals surface area contributed by atoms with Gasteiger partial charge in [0, 0.05) is 17.6 Å². The largest absolute Gasteiger partial charge is 0.378 e. The summed E-state index contributed by atoms with van der Waals surface area (Å²) in [4.78, 5) is 23.7. The van der Waals surface area contributed by atoms with E-state index in [4.69, 9.17) is 4.74 Å². The number of nitrogens with one attached hydrogen (secondary N) is 2. The molecule has 1 aromatic carbocycles. The molecule has 1 saturated carbocycles. The summed E-state index contributed by atoms with van der Waals surface area (Å²) in [6.07, 6.45) is 7.36. The lowest BCUT2D eigenvalue weighted by atomic mass is 9.98. The molecule has 0 aliphatic heterocycles. The van der Waals surface area contributed by atoms with Gasteiger partial charge in [-0.25, -0.2) is 0 Å². The summed E-state index contributed by atoms with van der Waals surface area (Å²) >= 11 is 3.32. The molecular weight excluding hydrogens is 372 g/mol. The first-order valence-electron chi connectivity index (χ1n) is 8.58. The summed E-state index contributed by atoms with van der Waals surface area (Å²) in [7, 11) is 0. The number of amides is 2. The Morgan fingerprint density at radius 1 is 1.12 bits per heavy atom. The third-order valence-corrected chi connectivity index (χ3v) is 4.77. The summed E-state index contributed by atoms with van der Waals surface area (Å²) in [6, 6.07) is 7.12. The van der Waals surface area contributed by atoms with Crippen LogP contribution in [0.5, 0.6) is 0 Å². The number of hydrogen-bond acceptors (Lipinski definition) is 3. The fourth-order valence-electron chi connectivity index (χ4n) is 2.75. The van der Waals surface area contributed by atoms with Gasteiger partial charge in [-0.05, 0) is 47.3 Å². The van der Waals surface area contributed by atoms with Crippen molar-refractivity contribution >= 4 is 27.7 Å². The molecule has 5 nitrogen and oxygen atoms in total. The maximum atomic E-state index is 12.0. The van der Waals surface area contributed by atoms with Crippen molar-refractivity contribution in [3.8, 4) is 0 Å². The van der Waals surface area contributed by atoms with Crippen LogP contribution in [0.3, 0.4) is 0 Å². The molecule has 1 fully saturated rings. The van der Waals surface area contributed by atoms with Crippen LogP contribution >= 0.6 is 15.9 Å². The lowest BCUT2D eigenvalue weighted by Crippen LogP contribution is -2.37. The molecule has 6 heteroatoms. The van der Waals surface area contributed by atoms with Crippen LogP contribution in [0.2, 0.25) is 0 Å². The van der Waals surface area contributed by atoms with Crippen molar-refractivity contribution in [1.29, 1.82) is 0 Å². The van der Waals surface area contributed by atoms with Crippen molar-refractivity contribution in [1.82, 2.24) is 10.6 Å². The first kappa shape index (κ1) is 18.9. The Bertz CT molecular complexity index is 545. The third-order valence-electron chi connectivity index (χ3n) is 4.08. The van der Waals surface area contributed by atoms with Crippen LogP contribution in [0, 0.1) is 0 Å². The van der Waals surface area contributed by atoms with E-state index in [1.54, 1.807) is 18.2 Å². The first-order chi connectivity index (χ1) is 11.7. The predicted molar refractivity (Wildman–Crippen MR) is 96.9 cm³/mol. The molecule has 0 radical (unpaired) electrons. The highest BCUT2D eigenvalue weighted by molar-refractivity contribution is 9.10. The highest BCUT2D eigenvalue weighted by atomic mass is 79.9. The number of ether oxygens (including phenoxy) is 1. The van der Waals surface area contributed by atoms with E-state index in [0.717, 1.165) is 19.3 Å². The molecule has 2 N–H and O–H groups in total. The van der Waals surface area contributed by atoms with Gasteiger partial charge in [0.2, 0.25) is 5.91 Å². The van der Waals surface area contributed by atoms with Gasteiger partial charge in [-0.15, -0.1) is 0 Å². The van der Waals surface area contributed by atoms with Crippen LogP contribution in [0.4, 0.5) is 0 Å². The fraction of sp³-hybridized carbons (Fsp3) is 0.556. The van der Waals surface area contributed by atoms with Crippen LogP contribution in [0.15, 0.2) is 28.7 Å². The van der Waals surface area contributed by atoms with Gasteiger partial charge in [0.05, 0.1) is 18.2 Å². The molecule has 24 heavy (non-hydrogen) atoms. The average molecular weight is 397 g/mol. The van der Waals surface area contributed by atoms with Crippen molar-refractivity contribution in [3.05, 3.63) is 34.3 Å². The number of carbonyl (C=O) groups is 2. The van der Waals surface area contributed by atoms with Crippen molar-refractivity contribution in [2.24, 2.45) is 0 Å². The standard InChI is InChI=1S/C18H25BrN2O3/c19-16-10-5-4-9-15(16)18(23)21-13-17(22)20-11-6-12-24-14-7-2-1-3-8-14/h4-5,9-10,14H,1-3,6-8,11-13H2,(H,20,22)(H,21,23). The summed E-state index contributed by atoms with van der Waals surface area (Å²) in [5, 5.41) is 5.42. The second-order valence-electron chi connectivity index (χ2n) is 6.00. The number of halogens is 1. The number of benzene rings is 1. The SMILES string of the molecule is O=C(CNC(=O)c1ccccc1Br)NCCCOC1CCCCC1. The molecule has 0 atom stereocenters. The molecule has 0 heterocycles. The lowest BCUT2D eigenvalue weighted by molar-refractivity contribution is -0.120. The zero-order valence-electron chi connectivity index (χ0n) is 13.9. The van der Waals surface area contributed by atoms with Gasteiger partial charge >= 0.3 is 0 Å². The minimum atomic E-state index is -0.266. The topological polar surface area (TPSA) is 67.4 Å². The number of carbonyl (C=O) groups excluding carboxylic acids is 2. The molecule has 0 aromatic heterocycles. The lowest BCUT2D eigenvalue weighted by Gasteiger charge is -2.21. The van der Waals surface area contributed by atoms with Crippen molar-refractivity contribution < 1.29 is 14.3 Å². The molecule has 0 unspecified atom stereocenters. The normalized spacial score (nSPS) is 15.0. The predicted octanol–water partition coefficient (Wildman–Crippen LogP) is 3.03. The Kier molecular flexibility index (Phi) is 8.25. The Hall–Kier alpha value is -1.40. The van der Waals surface area contributed by atoms with Crippen molar-refractivity contribution in [3.63, 3.8) is 0 Å². The summed E-state index contributed by atoms with van der Waals surface area (Å²) in [5.41, 5.74) is 0.520. The van der Waals surface area contributed by atoms with Gasteiger partial charge in [0.15, 0.2) is 0 Å². The average Bonchev–Trinajstić information content (AvgIpc) is 2.60. The Morgan fingerprint density at radius 3 is 2.62 bits per heavy atom. The summed E-state index contributed by atoms with van der Waals surface area (Å²) in [6.45, 7) is 1.22. The van der Waals surface area contributed by atoms with Crippen LogP contribution in [0.1, 0.15) is 48.9 Å². The van der Waals surface area contributed by atoms with Crippen molar-refractivity contribution in [2.75, 3.05) is 19.7 Å². The van der Waals surface area contributed by atoms with Crippen LogP contribution in [0.25, 0.3) is 0 Å². The zero-order valence-corrected chi connectivity index (χ0v) is 15.4. The summed E-state index contributed by atoms with van der Waals surface area (Å²) < 4.78 is 6.52. The number of rotatable bonds is 8. The van der Waals surface area contributed by atoms with E-state index in [0.29, 0.717) is 29.3 Å². The van der Waals surface area contributed by atoms with E-state index >= 15 is 0 Å².